The Balaban J connectivity index is 4.29. The average molecular weight is 215 g/mol. The third-order valence-corrected chi connectivity index (χ3v) is 2.40. The highest BCUT2D eigenvalue weighted by Crippen LogP contribution is 2.08. The minimum atomic E-state index is -0.970. The van der Waals surface area contributed by atoms with Crippen molar-refractivity contribution in [3.63, 3.8) is 0 Å². The zero-order chi connectivity index (χ0) is 12.0. The van der Waals surface area contributed by atoms with Gasteiger partial charge in [-0.2, -0.15) is 0 Å². The number of nitrogens with one attached hydrogen (secondary N) is 1. The summed E-state index contributed by atoms with van der Waals surface area (Å²) < 4.78 is 0. The van der Waals surface area contributed by atoms with Gasteiger partial charge in [-0.1, -0.05) is 34.1 Å². The molecule has 0 rings (SSSR count). The molecule has 0 saturated carbocycles. The Morgan fingerprint density at radius 3 is 2.13 bits per heavy atom. The zero-order valence-corrected chi connectivity index (χ0v) is 9.91. The average Bonchev–Trinajstić information content (AvgIpc) is 2.12. The van der Waals surface area contributed by atoms with E-state index in [1.807, 2.05) is 13.8 Å². The van der Waals surface area contributed by atoms with Gasteiger partial charge in [0.25, 0.3) is 0 Å². The maximum Gasteiger partial charge on any atom is 0.326 e. The molecule has 0 aliphatic carbocycles. The van der Waals surface area contributed by atoms with E-state index in [2.05, 4.69) is 5.32 Å². The second-order valence-corrected chi connectivity index (χ2v) is 4.26. The van der Waals surface area contributed by atoms with Crippen LogP contribution in [0.1, 0.15) is 40.5 Å². The van der Waals surface area contributed by atoms with E-state index < -0.39 is 12.0 Å². The first-order valence-corrected chi connectivity index (χ1v) is 5.43. The number of aliphatic carboxylic acids is 1. The van der Waals surface area contributed by atoms with Crippen LogP contribution in [0.5, 0.6) is 0 Å². The van der Waals surface area contributed by atoms with Crippen molar-refractivity contribution in [3.05, 3.63) is 0 Å². The maximum absolute atomic E-state index is 11.6. The molecular formula is C11H21NO3. The first-order chi connectivity index (χ1) is 6.90. The van der Waals surface area contributed by atoms with Crippen LogP contribution in [0.2, 0.25) is 0 Å². The van der Waals surface area contributed by atoms with Gasteiger partial charge in [-0.15, -0.1) is 0 Å². The molecule has 0 bridgehead atoms. The first kappa shape index (κ1) is 13.9. The van der Waals surface area contributed by atoms with E-state index in [0.717, 1.165) is 12.8 Å². The fourth-order valence-corrected chi connectivity index (χ4v) is 1.37. The van der Waals surface area contributed by atoms with E-state index in [-0.39, 0.29) is 17.7 Å². The van der Waals surface area contributed by atoms with Gasteiger partial charge in [0.1, 0.15) is 6.04 Å². The monoisotopic (exact) mass is 215 g/mol. The predicted octanol–water partition coefficient (Wildman–Crippen LogP) is 1.65. The number of carbonyl (C=O) groups is 2. The minimum Gasteiger partial charge on any atom is -0.480 e. The third-order valence-electron chi connectivity index (χ3n) is 2.40. The summed E-state index contributed by atoms with van der Waals surface area (Å²) in [6.07, 6.45) is 1.71. The highest BCUT2D eigenvalue weighted by atomic mass is 16.4. The Morgan fingerprint density at radius 1 is 1.27 bits per heavy atom. The van der Waals surface area contributed by atoms with E-state index >= 15 is 0 Å². The van der Waals surface area contributed by atoms with E-state index in [1.54, 1.807) is 13.8 Å². The number of carboxylic acids is 1. The molecule has 88 valence electrons. The quantitative estimate of drug-likeness (QED) is 0.708. The van der Waals surface area contributed by atoms with Crippen LogP contribution in [0.15, 0.2) is 0 Å². The van der Waals surface area contributed by atoms with E-state index in [0.29, 0.717) is 0 Å². The van der Waals surface area contributed by atoms with Gasteiger partial charge in [-0.3, -0.25) is 4.79 Å². The van der Waals surface area contributed by atoms with Crippen molar-refractivity contribution in [1.82, 2.24) is 5.32 Å². The lowest BCUT2D eigenvalue weighted by molar-refractivity contribution is -0.143. The smallest absolute Gasteiger partial charge is 0.326 e. The van der Waals surface area contributed by atoms with Crippen molar-refractivity contribution < 1.29 is 14.7 Å². The van der Waals surface area contributed by atoms with Crippen LogP contribution in [-0.4, -0.2) is 23.0 Å². The van der Waals surface area contributed by atoms with Crippen LogP contribution in [0.4, 0.5) is 0 Å². The van der Waals surface area contributed by atoms with Crippen LogP contribution < -0.4 is 5.32 Å². The lowest BCUT2D eigenvalue weighted by atomic mass is 10.0. The number of amides is 1. The van der Waals surface area contributed by atoms with Crippen LogP contribution in [0.25, 0.3) is 0 Å². The van der Waals surface area contributed by atoms with Gasteiger partial charge < -0.3 is 10.4 Å². The fourth-order valence-electron chi connectivity index (χ4n) is 1.37. The summed E-state index contributed by atoms with van der Waals surface area (Å²) in [5.41, 5.74) is 0. The Labute approximate surface area is 91.1 Å². The topological polar surface area (TPSA) is 66.4 Å². The molecule has 0 spiro atoms. The molecule has 0 aromatic heterocycles. The summed E-state index contributed by atoms with van der Waals surface area (Å²) in [6, 6.07) is -0.781. The molecule has 1 amide bonds. The van der Waals surface area contributed by atoms with Crippen LogP contribution in [0, 0.1) is 11.8 Å². The summed E-state index contributed by atoms with van der Waals surface area (Å²) in [5.74, 6) is -1.35. The fraction of sp³-hybridized carbons (Fsp3) is 0.818. The second kappa shape index (κ2) is 6.43. The summed E-state index contributed by atoms with van der Waals surface area (Å²) in [5, 5.41) is 11.5. The van der Waals surface area contributed by atoms with Crippen LogP contribution in [0.3, 0.4) is 0 Å². The molecule has 0 fully saturated rings. The van der Waals surface area contributed by atoms with Gasteiger partial charge in [-0.25, -0.2) is 4.79 Å². The zero-order valence-electron chi connectivity index (χ0n) is 9.91. The second-order valence-electron chi connectivity index (χ2n) is 4.26. The lowest BCUT2D eigenvalue weighted by Gasteiger charge is -2.20. The maximum atomic E-state index is 11.6. The number of rotatable bonds is 6. The van der Waals surface area contributed by atoms with Gasteiger partial charge in [-0.05, 0) is 12.3 Å². The third kappa shape index (κ3) is 4.81. The van der Waals surface area contributed by atoms with E-state index in [4.69, 9.17) is 5.11 Å². The van der Waals surface area contributed by atoms with Gasteiger partial charge in [0.15, 0.2) is 0 Å². The van der Waals surface area contributed by atoms with Gasteiger partial charge in [0, 0.05) is 5.92 Å². The van der Waals surface area contributed by atoms with E-state index in [9.17, 15) is 9.59 Å². The molecule has 0 saturated heterocycles. The first-order valence-electron chi connectivity index (χ1n) is 5.43. The normalized spacial score (nSPS) is 14.7. The van der Waals surface area contributed by atoms with Gasteiger partial charge >= 0.3 is 5.97 Å². The van der Waals surface area contributed by atoms with Crippen molar-refractivity contribution in [2.75, 3.05) is 0 Å². The van der Waals surface area contributed by atoms with Gasteiger partial charge in [0.2, 0.25) is 5.91 Å². The van der Waals surface area contributed by atoms with Crippen LogP contribution >= 0.6 is 0 Å². The molecule has 0 aromatic rings. The van der Waals surface area contributed by atoms with Crippen molar-refractivity contribution in [2.24, 2.45) is 11.8 Å². The van der Waals surface area contributed by atoms with Crippen LogP contribution in [-0.2, 0) is 9.59 Å². The minimum absolute atomic E-state index is 0.0970. The molecule has 2 atom stereocenters. The van der Waals surface area contributed by atoms with Crippen molar-refractivity contribution in [3.8, 4) is 0 Å². The summed E-state index contributed by atoms with van der Waals surface area (Å²) >= 11 is 0. The predicted molar refractivity (Wildman–Crippen MR) is 58.5 cm³/mol. The Hall–Kier alpha value is -1.06. The Kier molecular flexibility index (Phi) is 5.97. The molecule has 0 radical (unpaired) electrons. The molecule has 4 heteroatoms. The Morgan fingerprint density at radius 2 is 1.80 bits per heavy atom. The highest BCUT2D eigenvalue weighted by molar-refractivity contribution is 5.84. The standard InChI is InChI=1S/C11H21NO3/c1-5-6-8(4)10(13)12-9(7(2)3)11(14)15/h7-9H,5-6H2,1-4H3,(H,12,13)(H,14,15)/t8-,9+/m1/s1. The van der Waals surface area contributed by atoms with Crippen molar-refractivity contribution in [2.45, 2.75) is 46.6 Å². The lowest BCUT2D eigenvalue weighted by Crippen LogP contribution is -2.46. The number of carbonyl (C=O) groups excluding carboxylic acids is 1. The highest BCUT2D eigenvalue weighted by Gasteiger charge is 2.25. The number of hydrogen-bond donors (Lipinski definition) is 2. The summed E-state index contributed by atoms with van der Waals surface area (Å²) in [6.45, 7) is 7.38. The number of carboxylic acid groups (broad SMARTS) is 1. The molecule has 4 nitrogen and oxygen atoms in total. The van der Waals surface area contributed by atoms with Crippen molar-refractivity contribution >= 4 is 11.9 Å². The van der Waals surface area contributed by atoms with E-state index in [1.165, 1.54) is 0 Å². The number of hydrogen-bond acceptors (Lipinski definition) is 2. The summed E-state index contributed by atoms with van der Waals surface area (Å²) in [4.78, 5) is 22.4. The molecule has 15 heavy (non-hydrogen) atoms. The molecule has 0 aliphatic heterocycles. The largest absolute Gasteiger partial charge is 0.480 e. The molecule has 0 unspecified atom stereocenters. The Bertz CT molecular complexity index is 226. The van der Waals surface area contributed by atoms with Crippen molar-refractivity contribution in [1.29, 1.82) is 0 Å². The summed E-state index contributed by atoms with van der Waals surface area (Å²) in [7, 11) is 0. The molecular weight excluding hydrogens is 194 g/mol. The molecule has 0 aromatic carbocycles. The molecule has 0 aliphatic rings. The molecule has 0 heterocycles. The molecule has 2 N–H and O–H groups in total. The van der Waals surface area contributed by atoms with Gasteiger partial charge in [0.05, 0.1) is 0 Å². The SMILES string of the molecule is CCC[C@@H](C)C(=O)N[C@H](C(=O)O)C(C)C.